The van der Waals surface area contributed by atoms with Crippen molar-refractivity contribution in [2.24, 2.45) is 10.9 Å². The summed E-state index contributed by atoms with van der Waals surface area (Å²) in [6.45, 7) is 0.514. The molecular formula is C13H19N3O2S. The van der Waals surface area contributed by atoms with Crippen LogP contribution in [-0.4, -0.2) is 40.9 Å². The first-order valence-electron chi connectivity index (χ1n) is 5.88. The van der Waals surface area contributed by atoms with E-state index in [0.717, 1.165) is 11.3 Å². The van der Waals surface area contributed by atoms with Crippen molar-refractivity contribution in [3.63, 3.8) is 0 Å². The fourth-order valence-electron chi connectivity index (χ4n) is 1.63. The summed E-state index contributed by atoms with van der Waals surface area (Å²) in [6, 6.07) is 7.30. The van der Waals surface area contributed by atoms with Gasteiger partial charge in [-0.3, -0.25) is 4.79 Å². The van der Waals surface area contributed by atoms with Gasteiger partial charge in [-0.2, -0.15) is 11.8 Å². The molecule has 0 spiro atoms. The van der Waals surface area contributed by atoms with E-state index < -0.39 is 0 Å². The highest BCUT2D eigenvalue weighted by atomic mass is 32.2. The van der Waals surface area contributed by atoms with E-state index in [9.17, 15) is 4.79 Å². The number of oxime groups is 1. The number of rotatable bonds is 6. The van der Waals surface area contributed by atoms with Gasteiger partial charge in [-0.05, 0) is 17.9 Å². The molecule has 104 valence electrons. The number of carbonyl (C=O) groups is 1. The molecule has 0 radical (unpaired) electrons. The smallest absolute Gasteiger partial charge is 0.223 e. The standard InChI is InChI=1S/C13H19N3O2S/c1-16(12(17)6-7-19-2)9-10-4-3-5-11(8-10)13(14)15-18/h3-5,8,18H,6-7,9H2,1-2H3,(H2,14,15). The summed E-state index contributed by atoms with van der Waals surface area (Å²) in [5, 5.41) is 11.6. The third kappa shape index (κ3) is 4.82. The molecule has 19 heavy (non-hydrogen) atoms. The van der Waals surface area contributed by atoms with Gasteiger partial charge < -0.3 is 15.8 Å². The average molecular weight is 281 g/mol. The van der Waals surface area contributed by atoms with E-state index in [1.54, 1.807) is 29.8 Å². The topological polar surface area (TPSA) is 78.9 Å². The third-order valence-corrected chi connectivity index (χ3v) is 3.31. The van der Waals surface area contributed by atoms with Crippen LogP contribution in [0.2, 0.25) is 0 Å². The van der Waals surface area contributed by atoms with Crippen molar-refractivity contribution >= 4 is 23.5 Å². The van der Waals surface area contributed by atoms with Gasteiger partial charge in [-0.15, -0.1) is 0 Å². The van der Waals surface area contributed by atoms with Crippen LogP contribution < -0.4 is 5.73 Å². The molecule has 0 aliphatic rings. The van der Waals surface area contributed by atoms with Crippen molar-refractivity contribution in [2.75, 3.05) is 19.1 Å². The van der Waals surface area contributed by atoms with Gasteiger partial charge in [0.1, 0.15) is 0 Å². The highest BCUT2D eigenvalue weighted by Gasteiger charge is 2.09. The lowest BCUT2D eigenvalue weighted by Crippen LogP contribution is -2.26. The molecular weight excluding hydrogens is 262 g/mol. The normalized spacial score (nSPS) is 11.4. The minimum atomic E-state index is 0.0678. The lowest BCUT2D eigenvalue weighted by Gasteiger charge is -2.17. The number of carbonyl (C=O) groups excluding carboxylic acids is 1. The van der Waals surface area contributed by atoms with Crippen LogP contribution in [0.25, 0.3) is 0 Å². The predicted molar refractivity (Wildman–Crippen MR) is 78.4 cm³/mol. The Bertz CT molecular complexity index is 463. The Balaban J connectivity index is 2.69. The van der Waals surface area contributed by atoms with E-state index in [2.05, 4.69) is 5.16 Å². The number of amides is 1. The monoisotopic (exact) mass is 281 g/mol. The molecule has 0 aromatic heterocycles. The van der Waals surface area contributed by atoms with Gasteiger partial charge in [0, 0.05) is 31.3 Å². The zero-order valence-corrected chi connectivity index (χ0v) is 12.0. The molecule has 0 aliphatic heterocycles. The number of amidine groups is 1. The highest BCUT2D eigenvalue weighted by molar-refractivity contribution is 7.98. The summed E-state index contributed by atoms with van der Waals surface area (Å²) in [5.74, 6) is 1.01. The third-order valence-electron chi connectivity index (χ3n) is 2.70. The van der Waals surface area contributed by atoms with Crippen LogP contribution in [0.3, 0.4) is 0 Å². The van der Waals surface area contributed by atoms with Gasteiger partial charge in [0.2, 0.25) is 5.91 Å². The van der Waals surface area contributed by atoms with E-state index in [1.165, 1.54) is 0 Å². The Labute approximate surface area is 117 Å². The van der Waals surface area contributed by atoms with Crippen molar-refractivity contribution in [1.29, 1.82) is 0 Å². The van der Waals surface area contributed by atoms with E-state index >= 15 is 0 Å². The Morgan fingerprint density at radius 1 is 1.53 bits per heavy atom. The Hall–Kier alpha value is -1.69. The molecule has 0 aliphatic carbocycles. The van der Waals surface area contributed by atoms with E-state index in [0.29, 0.717) is 18.5 Å². The molecule has 0 bridgehead atoms. The Kier molecular flexibility index (Phi) is 6.21. The molecule has 0 fully saturated rings. The first kappa shape index (κ1) is 15.4. The molecule has 0 saturated carbocycles. The number of thioether (sulfide) groups is 1. The quantitative estimate of drug-likeness (QED) is 0.358. The zero-order valence-electron chi connectivity index (χ0n) is 11.2. The lowest BCUT2D eigenvalue weighted by molar-refractivity contribution is -0.129. The van der Waals surface area contributed by atoms with Crippen molar-refractivity contribution in [3.8, 4) is 0 Å². The largest absolute Gasteiger partial charge is 0.409 e. The van der Waals surface area contributed by atoms with Crippen LogP contribution in [0, 0.1) is 0 Å². The summed E-state index contributed by atoms with van der Waals surface area (Å²) < 4.78 is 0. The molecule has 0 unspecified atom stereocenters. The fourth-order valence-corrected chi connectivity index (χ4v) is 2.01. The molecule has 1 rings (SSSR count). The minimum absolute atomic E-state index is 0.0678. The van der Waals surface area contributed by atoms with Crippen LogP contribution >= 0.6 is 11.8 Å². The molecule has 0 saturated heterocycles. The molecule has 6 heteroatoms. The van der Waals surface area contributed by atoms with Gasteiger partial charge in [0.15, 0.2) is 5.84 Å². The Morgan fingerprint density at radius 2 is 2.26 bits per heavy atom. The average Bonchev–Trinajstić information content (AvgIpc) is 2.44. The zero-order chi connectivity index (χ0) is 14.3. The first-order chi connectivity index (χ1) is 9.08. The highest BCUT2D eigenvalue weighted by Crippen LogP contribution is 2.09. The van der Waals surface area contributed by atoms with Gasteiger partial charge in [0.25, 0.3) is 0 Å². The maximum Gasteiger partial charge on any atom is 0.223 e. The van der Waals surface area contributed by atoms with E-state index in [1.807, 2.05) is 24.5 Å². The van der Waals surface area contributed by atoms with Crippen LogP contribution in [0.15, 0.2) is 29.4 Å². The number of benzene rings is 1. The van der Waals surface area contributed by atoms with Crippen molar-refractivity contribution in [3.05, 3.63) is 35.4 Å². The maximum atomic E-state index is 11.8. The number of nitrogens with zero attached hydrogens (tertiary/aromatic N) is 2. The first-order valence-corrected chi connectivity index (χ1v) is 7.27. The van der Waals surface area contributed by atoms with Crippen LogP contribution in [0.4, 0.5) is 0 Å². The lowest BCUT2D eigenvalue weighted by atomic mass is 10.1. The predicted octanol–water partition coefficient (Wildman–Crippen LogP) is 1.49. The van der Waals surface area contributed by atoms with Gasteiger partial charge in [-0.1, -0.05) is 23.4 Å². The molecule has 1 amide bonds. The SMILES string of the molecule is CSCCC(=O)N(C)Cc1cccc(C(N)=NO)c1. The molecule has 1 aromatic rings. The summed E-state index contributed by atoms with van der Waals surface area (Å²) in [7, 11) is 1.78. The number of hydrogen-bond donors (Lipinski definition) is 2. The number of nitrogens with two attached hydrogens (primary N) is 1. The second-order valence-electron chi connectivity index (χ2n) is 4.18. The molecule has 0 atom stereocenters. The summed E-state index contributed by atoms with van der Waals surface area (Å²) in [6.07, 6.45) is 2.52. The molecule has 0 heterocycles. The molecule has 3 N–H and O–H groups in total. The van der Waals surface area contributed by atoms with Crippen LogP contribution in [0.5, 0.6) is 0 Å². The molecule has 1 aromatic carbocycles. The molecule has 5 nitrogen and oxygen atoms in total. The van der Waals surface area contributed by atoms with Crippen molar-refractivity contribution in [1.82, 2.24) is 4.90 Å². The fraction of sp³-hybridized carbons (Fsp3) is 0.385. The summed E-state index contributed by atoms with van der Waals surface area (Å²) in [5.41, 5.74) is 7.13. The van der Waals surface area contributed by atoms with Crippen molar-refractivity contribution in [2.45, 2.75) is 13.0 Å². The van der Waals surface area contributed by atoms with Crippen LogP contribution in [0.1, 0.15) is 17.5 Å². The Morgan fingerprint density at radius 3 is 2.89 bits per heavy atom. The number of hydrogen-bond acceptors (Lipinski definition) is 4. The van der Waals surface area contributed by atoms with Crippen molar-refractivity contribution < 1.29 is 10.0 Å². The van der Waals surface area contributed by atoms with Crippen LogP contribution in [-0.2, 0) is 11.3 Å². The summed E-state index contributed by atoms with van der Waals surface area (Å²) in [4.78, 5) is 13.5. The van der Waals surface area contributed by atoms with Gasteiger partial charge in [-0.25, -0.2) is 0 Å². The summed E-state index contributed by atoms with van der Waals surface area (Å²) >= 11 is 1.66. The van der Waals surface area contributed by atoms with E-state index in [-0.39, 0.29) is 11.7 Å². The minimum Gasteiger partial charge on any atom is -0.409 e. The van der Waals surface area contributed by atoms with E-state index in [4.69, 9.17) is 10.9 Å². The van der Waals surface area contributed by atoms with Gasteiger partial charge >= 0.3 is 0 Å². The second-order valence-corrected chi connectivity index (χ2v) is 5.16. The van der Waals surface area contributed by atoms with Gasteiger partial charge in [0.05, 0.1) is 0 Å². The second kappa shape index (κ2) is 7.68. The maximum absolute atomic E-state index is 11.8.